The van der Waals surface area contributed by atoms with Crippen molar-refractivity contribution in [3.05, 3.63) is 12.2 Å². The summed E-state index contributed by atoms with van der Waals surface area (Å²) in [5, 5.41) is 0. The van der Waals surface area contributed by atoms with Crippen molar-refractivity contribution in [1.82, 2.24) is 0 Å². The summed E-state index contributed by atoms with van der Waals surface area (Å²) < 4.78 is 0. The Labute approximate surface area is 64.3 Å². The van der Waals surface area contributed by atoms with Crippen molar-refractivity contribution < 1.29 is 9.59 Å². The second-order valence-corrected chi connectivity index (χ2v) is 3.80. The van der Waals surface area contributed by atoms with Crippen LogP contribution in [0.4, 0.5) is 0 Å². The molecule has 0 amide bonds. The van der Waals surface area contributed by atoms with E-state index < -0.39 is 0 Å². The molecular weight excluding hydrogens is 140 g/mol. The molecular formula is C9H8O2. The Kier molecular flexibility index (Phi) is 0.691. The summed E-state index contributed by atoms with van der Waals surface area (Å²) in [7, 11) is 0. The van der Waals surface area contributed by atoms with Crippen LogP contribution in [0.25, 0.3) is 0 Å². The van der Waals surface area contributed by atoms with E-state index in [-0.39, 0.29) is 28.8 Å². The lowest BCUT2D eigenvalue weighted by atomic mass is 9.93. The van der Waals surface area contributed by atoms with Crippen molar-refractivity contribution >= 4 is 11.6 Å². The Morgan fingerprint density at radius 2 is 1.55 bits per heavy atom. The molecule has 2 bridgehead atoms. The van der Waals surface area contributed by atoms with Crippen LogP contribution in [-0.4, -0.2) is 11.6 Å². The van der Waals surface area contributed by atoms with Gasteiger partial charge in [-0.2, -0.15) is 0 Å². The van der Waals surface area contributed by atoms with Gasteiger partial charge in [-0.05, 0) is 18.3 Å². The molecule has 2 nitrogen and oxygen atoms in total. The fourth-order valence-corrected chi connectivity index (χ4v) is 2.57. The van der Waals surface area contributed by atoms with Gasteiger partial charge in [0.25, 0.3) is 0 Å². The minimum Gasteiger partial charge on any atom is -0.290 e. The lowest BCUT2D eigenvalue weighted by Crippen LogP contribution is -2.17. The molecule has 1 spiro atoms. The van der Waals surface area contributed by atoms with Gasteiger partial charge < -0.3 is 0 Å². The predicted octanol–water partition coefficient (Wildman–Crippen LogP) is 0.721. The quantitative estimate of drug-likeness (QED) is 0.374. The van der Waals surface area contributed by atoms with E-state index in [4.69, 9.17) is 0 Å². The van der Waals surface area contributed by atoms with E-state index in [1.807, 2.05) is 12.2 Å². The fraction of sp³-hybridized carbons (Fsp3) is 0.556. The summed E-state index contributed by atoms with van der Waals surface area (Å²) in [6.07, 6.45) is 6.02. The first kappa shape index (κ1) is 5.70. The number of carbonyl (C=O) groups excluding carboxylic acids is 2. The smallest absolute Gasteiger partial charge is 0.206 e. The highest BCUT2D eigenvalue weighted by molar-refractivity contribution is 6.43. The largest absolute Gasteiger partial charge is 0.290 e. The van der Waals surface area contributed by atoms with Crippen LogP contribution in [0.5, 0.6) is 0 Å². The summed E-state index contributed by atoms with van der Waals surface area (Å²) in [5.74, 6) is -0.315. The van der Waals surface area contributed by atoms with E-state index in [1.54, 1.807) is 0 Å². The van der Waals surface area contributed by atoms with Gasteiger partial charge in [0.15, 0.2) is 0 Å². The lowest BCUT2D eigenvalue weighted by molar-refractivity contribution is -0.136. The molecule has 11 heavy (non-hydrogen) atoms. The molecule has 2 saturated carbocycles. The monoisotopic (exact) mass is 148 g/mol. The molecule has 0 N–H and O–H groups in total. The Balaban J connectivity index is 2.20. The third kappa shape index (κ3) is 0.416. The first-order valence-electron chi connectivity index (χ1n) is 4.02. The van der Waals surface area contributed by atoms with Crippen molar-refractivity contribution in [2.24, 2.45) is 17.3 Å². The number of hydrogen-bond donors (Lipinski definition) is 0. The average Bonchev–Trinajstić information content (AvgIpc) is 2.60. The molecule has 2 atom stereocenters. The van der Waals surface area contributed by atoms with Gasteiger partial charge in [-0.3, -0.25) is 9.59 Å². The fourth-order valence-electron chi connectivity index (χ4n) is 2.57. The number of allylic oxidation sites excluding steroid dienone is 2. The second-order valence-electron chi connectivity index (χ2n) is 3.80. The number of hydrogen-bond acceptors (Lipinski definition) is 2. The zero-order valence-corrected chi connectivity index (χ0v) is 6.04. The van der Waals surface area contributed by atoms with Crippen molar-refractivity contribution in [3.8, 4) is 0 Å². The minimum atomic E-state index is -0.130. The van der Waals surface area contributed by atoms with Gasteiger partial charge in [-0.25, -0.2) is 0 Å². The topological polar surface area (TPSA) is 34.1 Å². The number of rotatable bonds is 0. The van der Waals surface area contributed by atoms with Crippen LogP contribution in [0.3, 0.4) is 0 Å². The maximum atomic E-state index is 11.2. The average molecular weight is 148 g/mol. The molecule has 56 valence electrons. The van der Waals surface area contributed by atoms with Crippen LogP contribution in [-0.2, 0) is 9.59 Å². The summed E-state index contributed by atoms with van der Waals surface area (Å²) in [6, 6.07) is 0. The normalized spacial score (nSPS) is 42.5. The lowest BCUT2D eigenvalue weighted by Gasteiger charge is -2.07. The standard InChI is InChI=1S/C9H8O2/c10-7-5-1-2-6(8(7)11)9(5)3-4-9/h1-2,5-6H,3-4H2. The highest BCUT2D eigenvalue weighted by Crippen LogP contribution is 2.65. The second kappa shape index (κ2) is 1.33. The Morgan fingerprint density at radius 3 is 1.82 bits per heavy atom. The van der Waals surface area contributed by atoms with Crippen molar-refractivity contribution in [2.75, 3.05) is 0 Å². The molecule has 0 aromatic carbocycles. The predicted molar refractivity (Wildman–Crippen MR) is 37.8 cm³/mol. The third-order valence-electron chi connectivity index (χ3n) is 3.37. The summed E-state index contributed by atoms with van der Waals surface area (Å²) in [6.45, 7) is 0. The first-order valence-corrected chi connectivity index (χ1v) is 4.02. The number of carbonyl (C=O) groups is 2. The Bertz CT molecular complexity index is 271. The zero-order chi connectivity index (χ0) is 7.64. The van der Waals surface area contributed by atoms with E-state index in [0.29, 0.717) is 0 Å². The molecule has 3 rings (SSSR count). The van der Waals surface area contributed by atoms with Gasteiger partial charge in [0, 0.05) is 0 Å². The van der Waals surface area contributed by atoms with Crippen molar-refractivity contribution in [1.29, 1.82) is 0 Å². The van der Waals surface area contributed by atoms with Crippen LogP contribution in [0, 0.1) is 17.3 Å². The molecule has 3 aliphatic rings. The summed E-state index contributed by atoms with van der Waals surface area (Å²) in [4.78, 5) is 22.4. The van der Waals surface area contributed by atoms with Gasteiger partial charge in [0.1, 0.15) is 0 Å². The van der Waals surface area contributed by atoms with Gasteiger partial charge in [0.2, 0.25) is 11.6 Å². The highest BCUT2D eigenvalue weighted by atomic mass is 16.2. The van der Waals surface area contributed by atoms with E-state index in [2.05, 4.69) is 0 Å². The van der Waals surface area contributed by atoms with E-state index in [1.165, 1.54) is 0 Å². The highest BCUT2D eigenvalue weighted by Gasteiger charge is 2.67. The summed E-state index contributed by atoms with van der Waals surface area (Å²) >= 11 is 0. The summed E-state index contributed by atoms with van der Waals surface area (Å²) in [5.41, 5.74) is 0.105. The zero-order valence-electron chi connectivity index (χ0n) is 6.04. The van der Waals surface area contributed by atoms with Crippen LogP contribution in [0.2, 0.25) is 0 Å². The maximum Gasteiger partial charge on any atom is 0.206 e. The van der Waals surface area contributed by atoms with Gasteiger partial charge in [-0.1, -0.05) is 12.2 Å². The van der Waals surface area contributed by atoms with E-state index in [0.717, 1.165) is 12.8 Å². The van der Waals surface area contributed by atoms with E-state index in [9.17, 15) is 9.59 Å². The SMILES string of the molecule is O=C1C(=O)C2C=CC1C21CC1. The first-order chi connectivity index (χ1) is 5.26. The molecule has 2 heteroatoms. The molecule has 0 heterocycles. The molecule has 0 radical (unpaired) electrons. The molecule has 0 saturated heterocycles. The molecule has 0 aliphatic heterocycles. The van der Waals surface area contributed by atoms with Crippen molar-refractivity contribution in [3.63, 3.8) is 0 Å². The van der Waals surface area contributed by atoms with E-state index >= 15 is 0 Å². The van der Waals surface area contributed by atoms with Crippen molar-refractivity contribution in [2.45, 2.75) is 12.8 Å². The molecule has 0 aromatic rings. The van der Waals surface area contributed by atoms with Crippen LogP contribution >= 0.6 is 0 Å². The Morgan fingerprint density at radius 1 is 1.09 bits per heavy atom. The number of ketones is 2. The van der Waals surface area contributed by atoms with Gasteiger partial charge in [0.05, 0.1) is 11.8 Å². The van der Waals surface area contributed by atoms with Crippen LogP contribution < -0.4 is 0 Å². The van der Waals surface area contributed by atoms with Crippen LogP contribution in [0.1, 0.15) is 12.8 Å². The van der Waals surface area contributed by atoms with Crippen LogP contribution in [0.15, 0.2) is 12.2 Å². The molecule has 2 fully saturated rings. The van der Waals surface area contributed by atoms with Gasteiger partial charge >= 0.3 is 0 Å². The van der Waals surface area contributed by atoms with Gasteiger partial charge in [-0.15, -0.1) is 0 Å². The number of Topliss-reactive ketones (excluding diaryl/α,β-unsaturated/α-hetero) is 2. The maximum absolute atomic E-state index is 11.2. The Hall–Kier alpha value is -0.920. The molecule has 3 aliphatic carbocycles. The molecule has 2 unspecified atom stereocenters. The molecule has 0 aromatic heterocycles. The third-order valence-corrected chi connectivity index (χ3v) is 3.37. The minimum absolute atomic E-state index is 0.0278.